The van der Waals surface area contributed by atoms with E-state index in [0.717, 1.165) is 7.05 Å². The van der Waals surface area contributed by atoms with Crippen molar-refractivity contribution in [2.75, 3.05) is 20.1 Å². The molecule has 1 heterocycles. The Kier molecular flexibility index (Phi) is 6.55. The molecule has 2 rings (SSSR count). The molecule has 0 bridgehead atoms. The van der Waals surface area contributed by atoms with Gasteiger partial charge < -0.3 is 9.32 Å². The Morgan fingerprint density at radius 1 is 1.19 bits per heavy atom. The first-order chi connectivity index (χ1) is 12.5. The van der Waals surface area contributed by atoms with Gasteiger partial charge >= 0.3 is 6.18 Å². The molecular formula is C16H16ClF3N2O4S. The molecule has 6 nitrogen and oxygen atoms in total. The quantitative estimate of drug-likeness (QED) is 0.684. The van der Waals surface area contributed by atoms with Gasteiger partial charge in [-0.05, 0) is 36.4 Å². The van der Waals surface area contributed by atoms with Crippen LogP contribution >= 0.6 is 11.6 Å². The first kappa shape index (κ1) is 21.3. The average molecular weight is 425 g/mol. The first-order valence-corrected chi connectivity index (χ1v) is 9.39. The maximum atomic E-state index is 12.8. The third kappa shape index (κ3) is 5.98. The summed E-state index contributed by atoms with van der Waals surface area (Å²) in [6.45, 7) is -2.72. The maximum absolute atomic E-state index is 12.8. The van der Waals surface area contributed by atoms with Crippen LogP contribution in [0.2, 0.25) is 5.02 Å². The lowest BCUT2D eigenvalue weighted by molar-refractivity contribution is -0.162. The predicted octanol–water partition coefficient (Wildman–Crippen LogP) is 3.14. The Bertz CT molecular complexity index is 868. The maximum Gasteiger partial charge on any atom is 0.406 e. The van der Waals surface area contributed by atoms with Gasteiger partial charge in [0.2, 0.25) is 15.9 Å². The molecule has 0 saturated heterocycles. The van der Waals surface area contributed by atoms with Crippen LogP contribution in [-0.2, 0) is 21.4 Å². The van der Waals surface area contributed by atoms with E-state index in [-0.39, 0.29) is 10.7 Å². The van der Waals surface area contributed by atoms with Crippen LogP contribution in [0, 0.1) is 0 Å². The van der Waals surface area contributed by atoms with Crippen molar-refractivity contribution in [1.82, 2.24) is 9.21 Å². The highest BCUT2D eigenvalue weighted by Gasteiger charge is 2.34. The molecule has 2 aromatic rings. The van der Waals surface area contributed by atoms with Crippen molar-refractivity contribution in [1.29, 1.82) is 0 Å². The largest absolute Gasteiger partial charge is 0.467 e. The lowest BCUT2D eigenvalue weighted by Crippen LogP contribution is -2.44. The van der Waals surface area contributed by atoms with Crippen molar-refractivity contribution >= 4 is 27.5 Å². The number of hydrogen-bond donors (Lipinski definition) is 0. The minimum absolute atomic E-state index is 0.129. The number of likely N-dealkylation sites (N-methyl/N-ethyl adjacent to an activating group) is 1. The predicted molar refractivity (Wildman–Crippen MR) is 91.4 cm³/mol. The van der Waals surface area contributed by atoms with Crippen LogP contribution in [0.15, 0.2) is 52.0 Å². The second-order valence-electron chi connectivity index (χ2n) is 5.66. The summed E-state index contributed by atoms with van der Waals surface area (Å²) in [5, 5.41) is 0.322. The van der Waals surface area contributed by atoms with Gasteiger partial charge in [-0.3, -0.25) is 4.79 Å². The zero-order valence-corrected chi connectivity index (χ0v) is 15.7. The summed E-state index contributed by atoms with van der Waals surface area (Å²) in [5.41, 5.74) is 0. The molecule has 1 amide bonds. The number of carbonyl (C=O) groups excluding carboxylic acids is 1. The van der Waals surface area contributed by atoms with Gasteiger partial charge in [-0.1, -0.05) is 11.6 Å². The van der Waals surface area contributed by atoms with Gasteiger partial charge in [0.1, 0.15) is 12.3 Å². The van der Waals surface area contributed by atoms with Crippen LogP contribution < -0.4 is 0 Å². The molecule has 0 atom stereocenters. The lowest BCUT2D eigenvalue weighted by Gasteiger charge is -2.25. The average Bonchev–Trinajstić information content (AvgIpc) is 3.06. The standard InChI is InChI=1S/C16H16ClF3N2O4S/c1-21(27(24,25)14-6-4-12(17)5-7-14)10-15(23)22(11-16(18,19)20)9-13-3-2-8-26-13/h2-8H,9-11H2,1H3. The number of hydrogen-bond acceptors (Lipinski definition) is 4. The van der Waals surface area contributed by atoms with Gasteiger partial charge in [-0.2, -0.15) is 17.5 Å². The Balaban J connectivity index is 2.15. The fourth-order valence-corrected chi connectivity index (χ4v) is 3.45. The molecule has 0 N–H and O–H groups in total. The third-order valence-electron chi connectivity index (χ3n) is 3.53. The molecule has 0 radical (unpaired) electrons. The zero-order valence-electron chi connectivity index (χ0n) is 14.1. The molecule has 0 spiro atoms. The normalized spacial score (nSPS) is 12.4. The molecule has 0 saturated carbocycles. The fraction of sp³-hybridized carbons (Fsp3) is 0.312. The minimum atomic E-state index is -4.64. The van der Waals surface area contributed by atoms with Crippen molar-refractivity contribution in [3.8, 4) is 0 Å². The van der Waals surface area contributed by atoms with Crippen LogP contribution in [0.25, 0.3) is 0 Å². The Hall–Kier alpha value is -2.04. The molecule has 27 heavy (non-hydrogen) atoms. The van der Waals surface area contributed by atoms with E-state index in [1.165, 1.54) is 42.7 Å². The second kappa shape index (κ2) is 8.32. The highest BCUT2D eigenvalue weighted by atomic mass is 35.5. The van der Waals surface area contributed by atoms with Crippen molar-refractivity contribution in [3.63, 3.8) is 0 Å². The van der Waals surface area contributed by atoms with Gasteiger partial charge in [0.25, 0.3) is 0 Å². The van der Waals surface area contributed by atoms with Gasteiger partial charge in [0, 0.05) is 12.1 Å². The number of sulfonamides is 1. The number of rotatable bonds is 7. The SMILES string of the molecule is CN(CC(=O)N(Cc1ccco1)CC(F)(F)F)S(=O)(=O)c1ccc(Cl)cc1. The molecule has 148 valence electrons. The molecule has 11 heteroatoms. The molecule has 1 aromatic heterocycles. The van der Waals surface area contributed by atoms with Crippen LogP contribution in [0.1, 0.15) is 5.76 Å². The molecule has 0 unspecified atom stereocenters. The van der Waals surface area contributed by atoms with E-state index in [4.69, 9.17) is 16.0 Å². The number of carbonyl (C=O) groups is 1. The lowest BCUT2D eigenvalue weighted by atomic mass is 10.3. The van der Waals surface area contributed by atoms with E-state index in [0.29, 0.717) is 14.2 Å². The van der Waals surface area contributed by atoms with Crippen LogP contribution in [0.3, 0.4) is 0 Å². The number of halogens is 4. The number of furan rings is 1. The topological polar surface area (TPSA) is 70.8 Å². The summed E-state index contributed by atoms with van der Waals surface area (Å²) in [6.07, 6.45) is -3.38. The number of nitrogens with zero attached hydrogens (tertiary/aromatic N) is 2. The fourth-order valence-electron chi connectivity index (χ4n) is 2.20. The molecule has 0 aliphatic rings. The number of amides is 1. The third-order valence-corrected chi connectivity index (χ3v) is 5.60. The summed E-state index contributed by atoms with van der Waals surface area (Å²) in [6, 6.07) is 8.10. The highest BCUT2D eigenvalue weighted by molar-refractivity contribution is 7.89. The summed E-state index contributed by atoms with van der Waals surface area (Å²) in [5.74, 6) is -0.862. The Labute approximate surface area is 159 Å². The van der Waals surface area contributed by atoms with Gasteiger partial charge in [0.05, 0.1) is 24.2 Å². The van der Waals surface area contributed by atoms with Crippen molar-refractivity contribution in [2.45, 2.75) is 17.6 Å². The summed E-state index contributed by atoms with van der Waals surface area (Å²) < 4.78 is 69.0. The van der Waals surface area contributed by atoms with Gasteiger partial charge in [-0.25, -0.2) is 8.42 Å². The molecule has 0 fully saturated rings. The van der Waals surface area contributed by atoms with Crippen LogP contribution in [0.4, 0.5) is 13.2 Å². The molecule has 1 aromatic carbocycles. The summed E-state index contributed by atoms with van der Waals surface area (Å²) in [7, 11) is -2.96. The van der Waals surface area contributed by atoms with Crippen molar-refractivity contribution < 1.29 is 30.8 Å². The van der Waals surface area contributed by atoms with E-state index >= 15 is 0 Å². The van der Waals surface area contributed by atoms with Gasteiger partial charge in [-0.15, -0.1) is 0 Å². The molecular weight excluding hydrogens is 409 g/mol. The van der Waals surface area contributed by atoms with E-state index in [2.05, 4.69) is 0 Å². The highest BCUT2D eigenvalue weighted by Crippen LogP contribution is 2.20. The van der Waals surface area contributed by atoms with Crippen molar-refractivity contribution in [3.05, 3.63) is 53.4 Å². The van der Waals surface area contributed by atoms with Crippen molar-refractivity contribution in [2.24, 2.45) is 0 Å². The Morgan fingerprint density at radius 3 is 2.33 bits per heavy atom. The second-order valence-corrected chi connectivity index (χ2v) is 8.14. The Morgan fingerprint density at radius 2 is 1.81 bits per heavy atom. The van der Waals surface area contributed by atoms with Crippen LogP contribution in [0.5, 0.6) is 0 Å². The zero-order chi connectivity index (χ0) is 20.2. The number of alkyl halides is 3. The number of benzene rings is 1. The van der Waals surface area contributed by atoms with E-state index in [9.17, 15) is 26.4 Å². The van der Waals surface area contributed by atoms with E-state index < -0.39 is 41.7 Å². The van der Waals surface area contributed by atoms with Crippen LogP contribution in [-0.4, -0.2) is 49.8 Å². The monoisotopic (exact) mass is 424 g/mol. The minimum Gasteiger partial charge on any atom is -0.467 e. The van der Waals surface area contributed by atoms with E-state index in [1.54, 1.807) is 0 Å². The smallest absolute Gasteiger partial charge is 0.406 e. The molecule has 0 aliphatic carbocycles. The van der Waals surface area contributed by atoms with Gasteiger partial charge in [0.15, 0.2) is 0 Å². The molecule has 0 aliphatic heterocycles. The summed E-state index contributed by atoms with van der Waals surface area (Å²) >= 11 is 5.71. The first-order valence-electron chi connectivity index (χ1n) is 7.58. The van der Waals surface area contributed by atoms with E-state index in [1.807, 2.05) is 0 Å². The summed E-state index contributed by atoms with van der Waals surface area (Å²) in [4.78, 5) is 12.7.